The van der Waals surface area contributed by atoms with Crippen molar-refractivity contribution in [1.82, 2.24) is 15.8 Å². The van der Waals surface area contributed by atoms with Crippen molar-refractivity contribution in [1.29, 1.82) is 0 Å². The van der Waals surface area contributed by atoms with Crippen LogP contribution in [0, 0.1) is 0 Å². The molecule has 1 aliphatic heterocycles. The van der Waals surface area contributed by atoms with Crippen LogP contribution in [0.5, 0.6) is 0 Å². The Bertz CT molecular complexity index is 140. The number of hydrazine groups is 1. The number of hydrogen-bond donors (Lipinski definition) is 2. The maximum Gasteiger partial charge on any atom is 0.263 e. The molecule has 1 heterocycles. The lowest BCUT2D eigenvalue weighted by Crippen LogP contribution is -2.44. The van der Waals surface area contributed by atoms with Crippen molar-refractivity contribution in [2.45, 2.75) is 18.5 Å². The second-order valence-electron chi connectivity index (χ2n) is 2.89. The van der Waals surface area contributed by atoms with Crippen LogP contribution in [0.1, 0.15) is 6.42 Å². The normalized spacial score (nSPS) is 31.1. The van der Waals surface area contributed by atoms with Crippen LogP contribution in [0.3, 0.4) is 0 Å². The van der Waals surface area contributed by atoms with Gasteiger partial charge in [-0.3, -0.25) is 10.3 Å². The Hall–Kier alpha value is -0.260. The van der Waals surface area contributed by atoms with E-state index in [1.54, 1.807) is 19.0 Å². The van der Waals surface area contributed by atoms with Crippen molar-refractivity contribution < 1.29 is 8.78 Å². The highest BCUT2D eigenvalue weighted by Crippen LogP contribution is 2.28. The predicted molar refractivity (Wildman–Crippen MR) is 38.2 cm³/mol. The zero-order chi connectivity index (χ0) is 8.48. The molecule has 0 amide bonds. The minimum atomic E-state index is -2.54. The van der Waals surface area contributed by atoms with Gasteiger partial charge in [0, 0.05) is 6.42 Å². The van der Waals surface area contributed by atoms with Crippen LogP contribution in [-0.2, 0) is 0 Å². The van der Waals surface area contributed by atoms with E-state index < -0.39 is 5.92 Å². The quantitative estimate of drug-likeness (QED) is 0.564. The summed E-state index contributed by atoms with van der Waals surface area (Å²) in [5.41, 5.74) is 5.40. The molecule has 1 saturated heterocycles. The lowest BCUT2D eigenvalue weighted by atomic mass is 10.3. The van der Waals surface area contributed by atoms with Crippen LogP contribution in [0.2, 0.25) is 0 Å². The van der Waals surface area contributed by atoms with E-state index in [-0.39, 0.29) is 19.1 Å². The summed E-state index contributed by atoms with van der Waals surface area (Å²) in [7, 11) is 3.35. The monoisotopic (exact) mass is 165 g/mol. The van der Waals surface area contributed by atoms with Gasteiger partial charge in [0.15, 0.2) is 0 Å². The Morgan fingerprint density at radius 3 is 2.55 bits per heavy atom. The molecule has 1 unspecified atom stereocenters. The van der Waals surface area contributed by atoms with Gasteiger partial charge < -0.3 is 0 Å². The van der Waals surface area contributed by atoms with E-state index in [2.05, 4.69) is 10.9 Å². The maximum absolute atomic E-state index is 12.7. The smallest absolute Gasteiger partial charge is 0.263 e. The Kier molecular flexibility index (Phi) is 2.41. The second kappa shape index (κ2) is 3.00. The van der Waals surface area contributed by atoms with Crippen molar-refractivity contribution in [2.24, 2.45) is 0 Å². The molecule has 0 aromatic carbocycles. The van der Waals surface area contributed by atoms with E-state index in [4.69, 9.17) is 0 Å². The average Bonchev–Trinajstić information content (AvgIpc) is 2.07. The number of rotatable bonds is 2. The zero-order valence-corrected chi connectivity index (χ0v) is 6.69. The Balaban J connectivity index is 2.45. The van der Waals surface area contributed by atoms with Gasteiger partial charge in [-0.15, -0.1) is 0 Å². The maximum atomic E-state index is 12.7. The first-order valence-corrected chi connectivity index (χ1v) is 3.55. The van der Waals surface area contributed by atoms with Gasteiger partial charge in [0.1, 0.15) is 0 Å². The lowest BCUT2D eigenvalue weighted by Gasteiger charge is -2.18. The topological polar surface area (TPSA) is 27.3 Å². The molecule has 0 bridgehead atoms. The molecule has 1 aliphatic rings. The Labute approximate surface area is 64.7 Å². The summed E-state index contributed by atoms with van der Waals surface area (Å²) in [5, 5.41) is 0. The first-order chi connectivity index (χ1) is 5.05. The highest BCUT2D eigenvalue weighted by atomic mass is 19.3. The largest absolute Gasteiger partial charge is 0.284 e. The molecule has 0 aromatic rings. The number of nitrogens with one attached hydrogen (secondary N) is 2. The van der Waals surface area contributed by atoms with Crippen molar-refractivity contribution >= 4 is 0 Å². The van der Waals surface area contributed by atoms with Crippen molar-refractivity contribution in [3.05, 3.63) is 0 Å². The molecule has 0 spiro atoms. The molecule has 66 valence electrons. The van der Waals surface area contributed by atoms with Crippen LogP contribution < -0.4 is 10.9 Å². The fourth-order valence-electron chi connectivity index (χ4n) is 1.31. The van der Waals surface area contributed by atoms with Gasteiger partial charge in [0.2, 0.25) is 0 Å². The van der Waals surface area contributed by atoms with Gasteiger partial charge >= 0.3 is 0 Å². The van der Waals surface area contributed by atoms with Crippen LogP contribution in [0.15, 0.2) is 0 Å². The first-order valence-electron chi connectivity index (χ1n) is 3.55. The molecule has 11 heavy (non-hydrogen) atoms. The summed E-state index contributed by atoms with van der Waals surface area (Å²) in [6, 6.07) is 0. The van der Waals surface area contributed by atoms with Gasteiger partial charge in [-0.2, -0.15) is 0 Å². The first kappa shape index (κ1) is 8.83. The Morgan fingerprint density at radius 1 is 1.55 bits per heavy atom. The third-order valence-corrected chi connectivity index (χ3v) is 1.82. The molecular weight excluding hydrogens is 152 g/mol. The molecule has 2 N–H and O–H groups in total. The predicted octanol–water partition coefficient (Wildman–Crippen LogP) is 0.00730. The summed E-state index contributed by atoms with van der Waals surface area (Å²) in [6.07, 6.45) is -0.375. The SMILES string of the molecule is CNNC1CC(F)(F)CN1C. The number of halogens is 2. The molecule has 1 rings (SSSR count). The molecule has 1 atom stereocenters. The molecule has 0 aliphatic carbocycles. The molecule has 0 saturated carbocycles. The number of likely N-dealkylation sites (tertiary alicyclic amines) is 1. The molecule has 1 fully saturated rings. The minimum Gasteiger partial charge on any atom is -0.284 e. The summed E-state index contributed by atoms with van der Waals surface area (Å²) in [5.74, 6) is -2.54. The minimum absolute atomic E-state index is 0.121. The third kappa shape index (κ3) is 2.08. The van der Waals surface area contributed by atoms with Gasteiger partial charge in [0.05, 0.1) is 12.7 Å². The number of hydrogen-bond acceptors (Lipinski definition) is 3. The van der Waals surface area contributed by atoms with E-state index in [1.807, 2.05) is 0 Å². The highest BCUT2D eigenvalue weighted by Gasteiger charge is 2.42. The number of nitrogens with zero attached hydrogens (tertiary/aromatic N) is 1. The lowest BCUT2D eigenvalue weighted by molar-refractivity contribution is 0.0137. The summed E-state index contributed by atoms with van der Waals surface area (Å²) in [6.45, 7) is -0.160. The summed E-state index contributed by atoms with van der Waals surface area (Å²) >= 11 is 0. The van der Waals surface area contributed by atoms with Gasteiger partial charge in [-0.05, 0) is 14.1 Å². The molecule has 0 aromatic heterocycles. The highest BCUT2D eigenvalue weighted by molar-refractivity contribution is 4.86. The third-order valence-electron chi connectivity index (χ3n) is 1.82. The molecule has 5 heteroatoms. The molecule has 0 radical (unpaired) electrons. The fourth-order valence-corrected chi connectivity index (χ4v) is 1.31. The van der Waals surface area contributed by atoms with Crippen molar-refractivity contribution in [3.8, 4) is 0 Å². The second-order valence-corrected chi connectivity index (χ2v) is 2.89. The van der Waals surface area contributed by atoms with Gasteiger partial charge in [-0.25, -0.2) is 14.2 Å². The van der Waals surface area contributed by atoms with Crippen molar-refractivity contribution in [2.75, 3.05) is 20.6 Å². The van der Waals surface area contributed by atoms with E-state index in [9.17, 15) is 8.78 Å². The number of alkyl halides is 2. The van der Waals surface area contributed by atoms with E-state index in [0.29, 0.717) is 0 Å². The van der Waals surface area contributed by atoms with Crippen LogP contribution in [-0.4, -0.2) is 37.6 Å². The van der Waals surface area contributed by atoms with E-state index in [0.717, 1.165) is 0 Å². The van der Waals surface area contributed by atoms with E-state index >= 15 is 0 Å². The summed E-state index contributed by atoms with van der Waals surface area (Å²) in [4.78, 5) is 1.59. The Morgan fingerprint density at radius 2 is 2.18 bits per heavy atom. The fraction of sp³-hybridized carbons (Fsp3) is 1.00. The van der Waals surface area contributed by atoms with E-state index in [1.165, 1.54) is 0 Å². The average molecular weight is 165 g/mol. The van der Waals surface area contributed by atoms with Crippen LogP contribution >= 0.6 is 0 Å². The van der Waals surface area contributed by atoms with Crippen molar-refractivity contribution in [3.63, 3.8) is 0 Å². The van der Waals surface area contributed by atoms with Gasteiger partial charge in [0.25, 0.3) is 5.92 Å². The summed E-state index contributed by atoms with van der Waals surface area (Å²) < 4.78 is 25.3. The van der Waals surface area contributed by atoms with Gasteiger partial charge in [-0.1, -0.05) is 0 Å². The standard InChI is InChI=1S/C6H13F2N3/c1-9-10-5-3-6(7,8)4-11(5)2/h5,9-10H,3-4H2,1-2H3. The molecular formula is C6H13F2N3. The van der Waals surface area contributed by atoms with Crippen LogP contribution in [0.25, 0.3) is 0 Å². The van der Waals surface area contributed by atoms with Crippen LogP contribution in [0.4, 0.5) is 8.78 Å². The molecule has 3 nitrogen and oxygen atoms in total. The zero-order valence-electron chi connectivity index (χ0n) is 6.69.